The monoisotopic (exact) mass is 482 g/mol. The molecule has 0 aliphatic carbocycles. The Kier molecular flexibility index (Phi) is 8.63. The van der Waals surface area contributed by atoms with E-state index in [0.29, 0.717) is 30.2 Å². The molecule has 35 heavy (non-hydrogen) atoms. The molecule has 2 amide bonds. The maximum Gasteiger partial charge on any atom is 0.414 e. The quantitative estimate of drug-likeness (QED) is 0.448. The zero-order valence-electron chi connectivity index (χ0n) is 21.1. The molecule has 3 rings (SSSR count). The van der Waals surface area contributed by atoms with E-state index in [1.54, 1.807) is 36.8 Å². The normalized spacial score (nSPS) is 16.7. The van der Waals surface area contributed by atoms with Crippen molar-refractivity contribution in [3.8, 4) is 11.5 Å². The zero-order valence-corrected chi connectivity index (χ0v) is 21.1. The molecule has 188 valence electrons. The van der Waals surface area contributed by atoms with Gasteiger partial charge < -0.3 is 18.9 Å². The second-order valence-electron chi connectivity index (χ2n) is 8.56. The van der Waals surface area contributed by atoms with Crippen LogP contribution in [-0.2, 0) is 16.0 Å². The number of hydrogen-bond donors (Lipinski definition) is 0. The zero-order chi connectivity index (χ0) is 25.5. The Hall–Kier alpha value is -3.68. The van der Waals surface area contributed by atoms with Crippen LogP contribution in [0.4, 0.5) is 15.3 Å². The summed E-state index contributed by atoms with van der Waals surface area (Å²) in [5.41, 5.74) is 3.06. The summed E-state index contributed by atoms with van der Waals surface area (Å²) in [7, 11) is 3.09. The standard InChI is InChI=1S/C27H34N2O6/c1-7-34-26(30)28(16-20-11-9-8-10-12-20)22-13-19(4)29(27(31)35-17-18(2)3)23-15-25(33-6)24(32-5)14-21(22)23/h8-12,14-15,19,22H,2,7,13,16-17H2,1,3-6H3. The number of anilines is 1. The van der Waals surface area contributed by atoms with Crippen LogP contribution in [0.3, 0.4) is 0 Å². The molecule has 1 aliphatic rings. The van der Waals surface area contributed by atoms with Gasteiger partial charge in [0.05, 0.1) is 32.6 Å². The first-order valence-corrected chi connectivity index (χ1v) is 11.6. The smallest absolute Gasteiger partial charge is 0.414 e. The number of rotatable bonds is 8. The number of nitrogens with zero attached hydrogens (tertiary/aromatic N) is 2. The van der Waals surface area contributed by atoms with Crippen LogP contribution in [0.15, 0.2) is 54.6 Å². The van der Waals surface area contributed by atoms with Gasteiger partial charge in [-0.15, -0.1) is 0 Å². The highest BCUT2D eigenvalue weighted by atomic mass is 16.6. The molecule has 0 saturated carbocycles. The molecule has 2 aromatic carbocycles. The van der Waals surface area contributed by atoms with Gasteiger partial charge in [-0.05, 0) is 44.4 Å². The number of benzene rings is 2. The van der Waals surface area contributed by atoms with Crippen LogP contribution in [0.2, 0.25) is 0 Å². The van der Waals surface area contributed by atoms with Crippen molar-refractivity contribution in [1.82, 2.24) is 4.90 Å². The number of ether oxygens (including phenoxy) is 4. The largest absolute Gasteiger partial charge is 0.493 e. The number of amides is 2. The maximum atomic E-state index is 13.2. The number of methoxy groups -OCH3 is 2. The lowest BCUT2D eigenvalue weighted by Crippen LogP contribution is -2.47. The summed E-state index contributed by atoms with van der Waals surface area (Å²) in [6.07, 6.45) is -0.429. The van der Waals surface area contributed by atoms with Gasteiger partial charge in [0.2, 0.25) is 0 Å². The Morgan fingerprint density at radius 1 is 1.09 bits per heavy atom. The minimum atomic E-state index is -0.488. The Morgan fingerprint density at radius 2 is 1.74 bits per heavy atom. The molecular weight excluding hydrogens is 448 g/mol. The molecule has 0 spiro atoms. The summed E-state index contributed by atoms with van der Waals surface area (Å²) < 4.78 is 22.0. The summed E-state index contributed by atoms with van der Waals surface area (Å²) >= 11 is 0. The highest BCUT2D eigenvalue weighted by Crippen LogP contribution is 2.46. The average Bonchev–Trinajstić information content (AvgIpc) is 2.85. The van der Waals surface area contributed by atoms with Crippen molar-refractivity contribution in [1.29, 1.82) is 0 Å². The van der Waals surface area contributed by atoms with Gasteiger partial charge in [-0.1, -0.05) is 36.9 Å². The molecule has 8 heteroatoms. The van der Waals surface area contributed by atoms with Crippen molar-refractivity contribution in [3.63, 3.8) is 0 Å². The summed E-state index contributed by atoms with van der Waals surface area (Å²) in [6.45, 7) is 10.0. The Morgan fingerprint density at radius 3 is 2.34 bits per heavy atom. The van der Waals surface area contributed by atoms with Gasteiger partial charge in [-0.25, -0.2) is 9.59 Å². The fourth-order valence-corrected chi connectivity index (χ4v) is 4.27. The van der Waals surface area contributed by atoms with E-state index in [1.807, 2.05) is 43.3 Å². The third-order valence-corrected chi connectivity index (χ3v) is 5.87. The van der Waals surface area contributed by atoms with E-state index in [2.05, 4.69) is 6.58 Å². The molecule has 2 unspecified atom stereocenters. The maximum absolute atomic E-state index is 13.2. The van der Waals surface area contributed by atoms with Crippen molar-refractivity contribution in [3.05, 3.63) is 65.7 Å². The Balaban J connectivity index is 2.11. The van der Waals surface area contributed by atoms with E-state index in [-0.39, 0.29) is 25.3 Å². The van der Waals surface area contributed by atoms with E-state index < -0.39 is 12.2 Å². The van der Waals surface area contributed by atoms with E-state index in [9.17, 15) is 9.59 Å². The summed E-state index contributed by atoms with van der Waals surface area (Å²) in [5.74, 6) is 0.979. The first-order valence-electron chi connectivity index (χ1n) is 11.6. The van der Waals surface area contributed by atoms with E-state index in [1.165, 1.54) is 7.11 Å². The Labute approximate surface area is 207 Å². The molecule has 0 N–H and O–H groups in total. The first-order chi connectivity index (χ1) is 16.8. The molecule has 1 heterocycles. The molecule has 1 aliphatic heterocycles. The minimum absolute atomic E-state index is 0.122. The van der Waals surface area contributed by atoms with Crippen molar-refractivity contribution in [2.75, 3.05) is 32.3 Å². The number of carbonyl (C=O) groups excluding carboxylic acids is 2. The topological polar surface area (TPSA) is 77.5 Å². The van der Waals surface area contributed by atoms with Gasteiger partial charge in [-0.2, -0.15) is 0 Å². The molecule has 0 aromatic heterocycles. The second kappa shape index (κ2) is 11.6. The van der Waals surface area contributed by atoms with Crippen molar-refractivity contribution >= 4 is 17.9 Å². The van der Waals surface area contributed by atoms with Gasteiger partial charge in [-0.3, -0.25) is 9.80 Å². The van der Waals surface area contributed by atoms with E-state index in [0.717, 1.165) is 16.7 Å². The molecule has 0 bridgehead atoms. The third-order valence-electron chi connectivity index (χ3n) is 5.87. The van der Waals surface area contributed by atoms with Gasteiger partial charge in [0.25, 0.3) is 0 Å². The van der Waals surface area contributed by atoms with E-state index in [4.69, 9.17) is 18.9 Å². The van der Waals surface area contributed by atoms with Crippen LogP contribution in [0.1, 0.15) is 44.4 Å². The van der Waals surface area contributed by atoms with Gasteiger partial charge >= 0.3 is 12.2 Å². The van der Waals surface area contributed by atoms with Crippen molar-refractivity contribution in [2.45, 2.75) is 45.8 Å². The summed E-state index contributed by atoms with van der Waals surface area (Å²) in [5, 5.41) is 0. The number of hydrogen-bond acceptors (Lipinski definition) is 6. The molecule has 2 atom stereocenters. The number of fused-ring (bicyclic) bond motifs is 1. The average molecular weight is 483 g/mol. The van der Waals surface area contributed by atoms with Gasteiger partial charge in [0.1, 0.15) is 6.61 Å². The third kappa shape index (κ3) is 5.88. The van der Waals surface area contributed by atoms with Gasteiger partial charge in [0.15, 0.2) is 11.5 Å². The van der Waals surface area contributed by atoms with Crippen LogP contribution >= 0.6 is 0 Å². The molecular formula is C27H34N2O6. The van der Waals surface area contributed by atoms with Gasteiger partial charge in [0, 0.05) is 24.2 Å². The van der Waals surface area contributed by atoms with Crippen molar-refractivity contribution in [2.24, 2.45) is 0 Å². The van der Waals surface area contributed by atoms with E-state index >= 15 is 0 Å². The SMILES string of the molecule is C=C(C)COC(=O)N1c2cc(OC)c(OC)cc2C(N(Cc2ccccc2)C(=O)OCC)CC1C. The highest BCUT2D eigenvalue weighted by Gasteiger charge is 2.40. The highest BCUT2D eigenvalue weighted by molar-refractivity contribution is 5.91. The lowest BCUT2D eigenvalue weighted by molar-refractivity contribution is 0.0809. The molecule has 0 saturated heterocycles. The van der Waals surface area contributed by atoms with Crippen LogP contribution < -0.4 is 14.4 Å². The molecule has 8 nitrogen and oxygen atoms in total. The second-order valence-corrected chi connectivity index (χ2v) is 8.56. The predicted octanol–water partition coefficient (Wildman–Crippen LogP) is 5.71. The Bertz CT molecular complexity index is 1060. The van der Waals surface area contributed by atoms with Crippen LogP contribution in [0.25, 0.3) is 0 Å². The molecule has 0 radical (unpaired) electrons. The van der Waals surface area contributed by atoms with Crippen molar-refractivity contribution < 1.29 is 28.5 Å². The van der Waals surface area contributed by atoms with Crippen LogP contribution in [-0.4, -0.2) is 50.6 Å². The molecule has 2 aromatic rings. The lowest BCUT2D eigenvalue weighted by Gasteiger charge is -2.42. The predicted molar refractivity (Wildman–Crippen MR) is 134 cm³/mol. The summed E-state index contributed by atoms with van der Waals surface area (Å²) in [4.78, 5) is 29.6. The van der Waals surface area contributed by atoms with Crippen LogP contribution in [0, 0.1) is 0 Å². The fraction of sp³-hybridized carbons (Fsp3) is 0.407. The lowest BCUT2D eigenvalue weighted by atomic mass is 9.90. The fourth-order valence-electron chi connectivity index (χ4n) is 4.27. The number of carbonyl (C=O) groups is 2. The summed E-state index contributed by atoms with van der Waals surface area (Å²) in [6, 6.07) is 12.7. The minimum Gasteiger partial charge on any atom is -0.493 e. The first kappa shape index (κ1) is 25.9. The van der Waals surface area contributed by atoms with Crippen LogP contribution in [0.5, 0.6) is 11.5 Å². The molecule has 0 fully saturated rings.